The van der Waals surface area contributed by atoms with E-state index < -0.39 is 5.91 Å². The molecule has 146 valence electrons. The van der Waals surface area contributed by atoms with Gasteiger partial charge in [-0.2, -0.15) is 0 Å². The number of thiophene rings is 1. The molecule has 3 aromatic rings. The molecule has 0 saturated heterocycles. The Kier molecular flexibility index (Phi) is 6.49. The van der Waals surface area contributed by atoms with Gasteiger partial charge in [-0.3, -0.25) is 20.4 Å². The number of hydrogen-bond donors (Lipinski definition) is 2. The molecule has 0 saturated carbocycles. The number of nitrogens with one attached hydrogen (secondary N) is 2. The van der Waals surface area contributed by atoms with E-state index in [1.807, 2.05) is 43.3 Å². The van der Waals surface area contributed by atoms with E-state index in [2.05, 4.69) is 17.8 Å². The van der Waals surface area contributed by atoms with Crippen LogP contribution >= 0.6 is 11.3 Å². The first kappa shape index (κ1) is 19.7. The van der Waals surface area contributed by atoms with Crippen molar-refractivity contribution in [3.8, 4) is 5.75 Å². The van der Waals surface area contributed by atoms with Crippen LogP contribution in [0.3, 0.4) is 0 Å². The third-order valence-electron chi connectivity index (χ3n) is 4.06. The van der Waals surface area contributed by atoms with E-state index in [1.54, 1.807) is 12.1 Å². The molecular formula is C21H22N2O4S. The number of aryl methyl sites for hydroxylation is 2. The summed E-state index contributed by atoms with van der Waals surface area (Å²) >= 11 is 1.42. The number of hydrazine groups is 1. The lowest BCUT2D eigenvalue weighted by atomic mass is 10.1. The summed E-state index contributed by atoms with van der Waals surface area (Å²) < 4.78 is 11.1. The van der Waals surface area contributed by atoms with Gasteiger partial charge in [-0.25, -0.2) is 0 Å². The minimum atomic E-state index is -0.527. The standard InChI is InChI=1S/C21H22N2O4S/c1-3-7-15-12-19(28-14(15)2)21(25)23-22-20(24)18-11-10-17(27-18)13-26-16-8-5-4-6-9-16/h4-6,8-12H,3,7,13H2,1-2H3,(H,22,24)(H,23,25). The van der Waals surface area contributed by atoms with Gasteiger partial charge in [0.05, 0.1) is 4.88 Å². The van der Waals surface area contributed by atoms with Gasteiger partial charge < -0.3 is 9.15 Å². The lowest BCUT2D eigenvalue weighted by Crippen LogP contribution is -2.41. The minimum Gasteiger partial charge on any atom is -0.486 e. The van der Waals surface area contributed by atoms with Crippen molar-refractivity contribution in [3.63, 3.8) is 0 Å². The second-order valence-electron chi connectivity index (χ2n) is 6.22. The van der Waals surface area contributed by atoms with E-state index in [-0.39, 0.29) is 18.3 Å². The van der Waals surface area contributed by atoms with Crippen molar-refractivity contribution in [2.75, 3.05) is 0 Å². The number of para-hydroxylation sites is 1. The molecule has 2 amide bonds. The molecule has 6 nitrogen and oxygen atoms in total. The number of carbonyl (C=O) groups excluding carboxylic acids is 2. The molecule has 0 fully saturated rings. The Morgan fingerprint density at radius 1 is 1.07 bits per heavy atom. The molecule has 3 rings (SSSR count). The molecular weight excluding hydrogens is 376 g/mol. The molecule has 7 heteroatoms. The first-order valence-corrected chi connectivity index (χ1v) is 9.85. The topological polar surface area (TPSA) is 80.6 Å². The zero-order chi connectivity index (χ0) is 19.9. The van der Waals surface area contributed by atoms with Crippen molar-refractivity contribution in [2.24, 2.45) is 0 Å². The van der Waals surface area contributed by atoms with Gasteiger partial charge in [0.15, 0.2) is 5.76 Å². The number of hydrogen-bond acceptors (Lipinski definition) is 5. The highest BCUT2D eigenvalue weighted by Crippen LogP contribution is 2.22. The molecule has 1 aromatic carbocycles. The fourth-order valence-corrected chi connectivity index (χ4v) is 3.60. The van der Waals surface area contributed by atoms with Gasteiger partial charge in [0.25, 0.3) is 5.91 Å². The van der Waals surface area contributed by atoms with Crippen LogP contribution in [0, 0.1) is 6.92 Å². The number of ether oxygens (including phenoxy) is 1. The first-order valence-electron chi connectivity index (χ1n) is 9.03. The SMILES string of the molecule is CCCc1cc(C(=O)NNC(=O)c2ccc(COc3ccccc3)o2)sc1C. The van der Waals surface area contributed by atoms with Crippen LogP contribution in [-0.2, 0) is 13.0 Å². The molecule has 2 aromatic heterocycles. The molecule has 0 unspecified atom stereocenters. The van der Waals surface area contributed by atoms with E-state index in [4.69, 9.17) is 9.15 Å². The zero-order valence-electron chi connectivity index (χ0n) is 15.8. The van der Waals surface area contributed by atoms with E-state index in [0.29, 0.717) is 16.4 Å². The number of benzene rings is 1. The summed E-state index contributed by atoms with van der Waals surface area (Å²) in [6.07, 6.45) is 1.95. The van der Waals surface area contributed by atoms with Crippen LogP contribution in [0.2, 0.25) is 0 Å². The molecule has 0 aliphatic carbocycles. The Hall–Kier alpha value is -3.06. The van der Waals surface area contributed by atoms with Crippen LogP contribution in [0.5, 0.6) is 5.75 Å². The fourth-order valence-electron chi connectivity index (χ4n) is 2.63. The Balaban J connectivity index is 1.51. The maximum absolute atomic E-state index is 12.2. The van der Waals surface area contributed by atoms with Gasteiger partial charge in [-0.15, -0.1) is 11.3 Å². The summed E-state index contributed by atoms with van der Waals surface area (Å²) in [4.78, 5) is 26.1. The summed E-state index contributed by atoms with van der Waals surface area (Å²) in [6, 6.07) is 14.4. The predicted octanol–water partition coefficient (Wildman–Crippen LogP) is 4.26. The third-order valence-corrected chi connectivity index (χ3v) is 5.15. The van der Waals surface area contributed by atoms with Crippen molar-refractivity contribution in [1.29, 1.82) is 0 Å². The lowest BCUT2D eigenvalue weighted by molar-refractivity contribution is 0.0830. The quantitative estimate of drug-likeness (QED) is 0.583. The summed E-state index contributed by atoms with van der Waals surface area (Å²) in [7, 11) is 0. The fraction of sp³-hybridized carbons (Fsp3) is 0.238. The van der Waals surface area contributed by atoms with Gasteiger partial charge >= 0.3 is 5.91 Å². The van der Waals surface area contributed by atoms with Gasteiger partial charge in [0.2, 0.25) is 0 Å². The van der Waals surface area contributed by atoms with E-state index >= 15 is 0 Å². The van der Waals surface area contributed by atoms with Crippen molar-refractivity contribution in [1.82, 2.24) is 10.9 Å². The summed E-state index contributed by atoms with van der Waals surface area (Å²) in [5, 5.41) is 0. The van der Waals surface area contributed by atoms with Crippen molar-refractivity contribution in [2.45, 2.75) is 33.3 Å². The number of rotatable bonds is 7. The Labute approximate surface area is 167 Å². The molecule has 0 aliphatic rings. The molecule has 0 aliphatic heterocycles. The maximum Gasteiger partial charge on any atom is 0.305 e. The Bertz CT molecular complexity index is 946. The number of carbonyl (C=O) groups is 2. The van der Waals surface area contributed by atoms with Crippen LogP contribution in [0.4, 0.5) is 0 Å². The van der Waals surface area contributed by atoms with Crippen LogP contribution < -0.4 is 15.6 Å². The van der Waals surface area contributed by atoms with Crippen LogP contribution in [-0.4, -0.2) is 11.8 Å². The molecule has 0 radical (unpaired) electrons. The number of amides is 2. The molecule has 2 heterocycles. The highest BCUT2D eigenvalue weighted by atomic mass is 32.1. The van der Waals surface area contributed by atoms with Crippen LogP contribution in [0.1, 0.15) is 49.8 Å². The minimum absolute atomic E-state index is 0.0981. The van der Waals surface area contributed by atoms with E-state index in [0.717, 1.165) is 23.3 Å². The monoisotopic (exact) mass is 398 g/mol. The van der Waals surface area contributed by atoms with E-state index in [9.17, 15) is 9.59 Å². The highest BCUT2D eigenvalue weighted by molar-refractivity contribution is 7.14. The van der Waals surface area contributed by atoms with Gasteiger partial charge in [0.1, 0.15) is 18.1 Å². The smallest absolute Gasteiger partial charge is 0.305 e. The molecule has 2 N–H and O–H groups in total. The zero-order valence-corrected chi connectivity index (χ0v) is 16.6. The summed E-state index contributed by atoms with van der Waals surface area (Å²) in [6.45, 7) is 4.30. The van der Waals surface area contributed by atoms with Gasteiger partial charge in [-0.05, 0) is 49.2 Å². The van der Waals surface area contributed by atoms with Crippen molar-refractivity contribution >= 4 is 23.2 Å². The Morgan fingerprint density at radius 3 is 2.57 bits per heavy atom. The summed E-state index contributed by atoms with van der Waals surface area (Å²) in [5.74, 6) is 0.453. The second kappa shape index (κ2) is 9.23. The predicted molar refractivity (Wildman–Crippen MR) is 107 cm³/mol. The molecule has 0 spiro atoms. The largest absolute Gasteiger partial charge is 0.486 e. The van der Waals surface area contributed by atoms with Crippen molar-refractivity contribution < 1.29 is 18.7 Å². The first-order chi connectivity index (χ1) is 13.6. The maximum atomic E-state index is 12.2. The van der Waals surface area contributed by atoms with Crippen LogP contribution in [0.25, 0.3) is 0 Å². The summed E-state index contributed by atoms with van der Waals surface area (Å²) in [5.41, 5.74) is 5.97. The van der Waals surface area contributed by atoms with Crippen LogP contribution in [0.15, 0.2) is 52.9 Å². The Morgan fingerprint density at radius 2 is 1.82 bits per heavy atom. The molecule has 0 atom stereocenters. The molecule has 28 heavy (non-hydrogen) atoms. The number of furan rings is 1. The average Bonchev–Trinajstić information content (AvgIpc) is 3.33. The lowest BCUT2D eigenvalue weighted by Gasteiger charge is -2.05. The second-order valence-corrected chi connectivity index (χ2v) is 7.47. The highest BCUT2D eigenvalue weighted by Gasteiger charge is 2.15. The average molecular weight is 398 g/mol. The normalized spacial score (nSPS) is 10.5. The van der Waals surface area contributed by atoms with Gasteiger partial charge in [0, 0.05) is 4.88 Å². The third kappa shape index (κ3) is 5.01. The van der Waals surface area contributed by atoms with E-state index in [1.165, 1.54) is 11.3 Å². The van der Waals surface area contributed by atoms with Crippen molar-refractivity contribution in [3.05, 3.63) is 75.4 Å². The molecule has 0 bridgehead atoms. The van der Waals surface area contributed by atoms with Gasteiger partial charge in [-0.1, -0.05) is 31.5 Å².